The number of hydrogen-bond donors (Lipinski definition) is 1. The summed E-state index contributed by atoms with van der Waals surface area (Å²) >= 11 is 0. The van der Waals surface area contributed by atoms with Crippen LogP contribution in [0.1, 0.15) is 31.4 Å². The predicted molar refractivity (Wildman–Crippen MR) is 108 cm³/mol. The number of methoxy groups -OCH3 is 1. The second-order valence-corrected chi connectivity index (χ2v) is 6.87. The van der Waals surface area contributed by atoms with Crippen LogP contribution < -0.4 is 15.2 Å². The fraction of sp³-hybridized carbons (Fsp3) is 0.409. The summed E-state index contributed by atoms with van der Waals surface area (Å²) in [7, 11) is 1.51. The van der Waals surface area contributed by atoms with E-state index in [1.165, 1.54) is 19.2 Å². The molecular weight excluding hydrogens is 378 g/mol. The minimum Gasteiger partial charge on any atom is -0.493 e. The van der Waals surface area contributed by atoms with E-state index in [2.05, 4.69) is 0 Å². The van der Waals surface area contributed by atoms with Gasteiger partial charge in [-0.15, -0.1) is 0 Å². The van der Waals surface area contributed by atoms with Crippen molar-refractivity contribution in [3.63, 3.8) is 0 Å². The zero-order chi connectivity index (χ0) is 21.4. The maximum absolute atomic E-state index is 13.8. The molecule has 0 fully saturated rings. The van der Waals surface area contributed by atoms with E-state index >= 15 is 0 Å². The molecule has 0 aliphatic carbocycles. The molecule has 7 heteroatoms. The summed E-state index contributed by atoms with van der Waals surface area (Å²) in [6.07, 6.45) is 0.760. The molecule has 2 aromatic rings. The van der Waals surface area contributed by atoms with Crippen LogP contribution in [0.25, 0.3) is 0 Å². The van der Waals surface area contributed by atoms with Gasteiger partial charge in [0.2, 0.25) is 5.91 Å². The summed E-state index contributed by atoms with van der Waals surface area (Å²) in [6.45, 7) is 5.06. The summed E-state index contributed by atoms with van der Waals surface area (Å²) in [5.41, 5.74) is 6.78. The lowest BCUT2D eigenvalue weighted by Gasteiger charge is -2.25. The van der Waals surface area contributed by atoms with Crippen LogP contribution in [0, 0.1) is 17.6 Å². The van der Waals surface area contributed by atoms with E-state index in [0.29, 0.717) is 31.1 Å². The van der Waals surface area contributed by atoms with Crippen molar-refractivity contribution in [1.82, 2.24) is 4.90 Å². The average molecular weight is 406 g/mol. The van der Waals surface area contributed by atoms with Crippen molar-refractivity contribution < 1.29 is 23.0 Å². The maximum Gasteiger partial charge on any atom is 0.225 e. The molecule has 0 aliphatic heterocycles. The van der Waals surface area contributed by atoms with Crippen LogP contribution in [0.5, 0.6) is 11.5 Å². The molecule has 0 radical (unpaired) electrons. The minimum atomic E-state index is -0.665. The van der Waals surface area contributed by atoms with Crippen molar-refractivity contribution in [3.8, 4) is 11.5 Å². The molecule has 0 aliphatic rings. The van der Waals surface area contributed by atoms with Gasteiger partial charge in [-0.3, -0.25) is 4.79 Å². The summed E-state index contributed by atoms with van der Waals surface area (Å²) in [4.78, 5) is 14.3. The third-order valence-corrected chi connectivity index (χ3v) is 4.74. The number of carbonyl (C=O) groups excluding carboxylic acids is 1. The van der Waals surface area contributed by atoms with Gasteiger partial charge in [-0.1, -0.05) is 19.9 Å². The quantitative estimate of drug-likeness (QED) is 0.650. The predicted octanol–water partition coefficient (Wildman–Crippen LogP) is 3.89. The number of nitrogens with two attached hydrogens (primary N) is 1. The third-order valence-electron chi connectivity index (χ3n) is 4.74. The van der Waals surface area contributed by atoms with Gasteiger partial charge in [0, 0.05) is 37.2 Å². The highest BCUT2D eigenvalue weighted by Gasteiger charge is 2.19. The molecule has 5 nitrogen and oxygen atoms in total. The van der Waals surface area contributed by atoms with E-state index in [-0.39, 0.29) is 24.0 Å². The van der Waals surface area contributed by atoms with Crippen molar-refractivity contribution in [1.29, 1.82) is 0 Å². The fourth-order valence-electron chi connectivity index (χ4n) is 2.85. The maximum atomic E-state index is 13.8. The summed E-state index contributed by atoms with van der Waals surface area (Å²) in [6, 6.07) is 8.67. The standard InChI is InChI=1S/C22H28F2N2O3/c1-4-15(2)22(27)26(10-9-25)13-16-5-8-20(21(11-16)28-3)29-14-17-6-7-18(23)12-19(17)24/h5-8,11-12,15H,4,9-10,13-14,25H2,1-3H3. The second-order valence-electron chi connectivity index (χ2n) is 6.87. The van der Waals surface area contributed by atoms with Gasteiger partial charge in [-0.2, -0.15) is 0 Å². The van der Waals surface area contributed by atoms with Crippen molar-refractivity contribution in [3.05, 3.63) is 59.2 Å². The van der Waals surface area contributed by atoms with Crippen LogP contribution in [-0.4, -0.2) is 31.0 Å². The summed E-state index contributed by atoms with van der Waals surface area (Å²) in [5.74, 6) is -0.420. The van der Waals surface area contributed by atoms with Crippen molar-refractivity contribution in [2.45, 2.75) is 33.4 Å². The molecule has 2 N–H and O–H groups in total. The average Bonchev–Trinajstić information content (AvgIpc) is 2.72. The van der Waals surface area contributed by atoms with Crippen LogP contribution >= 0.6 is 0 Å². The molecule has 0 aromatic heterocycles. The van der Waals surface area contributed by atoms with E-state index in [9.17, 15) is 13.6 Å². The Bertz CT molecular complexity index is 830. The summed E-state index contributed by atoms with van der Waals surface area (Å²) < 4.78 is 37.9. The highest BCUT2D eigenvalue weighted by atomic mass is 19.1. The molecule has 2 aromatic carbocycles. The molecule has 2 rings (SSSR count). The van der Waals surface area contributed by atoms with Gasteiger partial charge in [0.25, 0.3) is 0 Å². The lowest BCUT2D eigenvalue weighted by atomic mass is 10.1. The van der Waals surface area contributed by atoms with Crippen LogP contribution in [-0.2, 0) is 17.9 Å². The zero-order valence-electron chi connectivity index (χ0n) is 17.1. The molecule has 1 unspecified atom stereocenters. The Kier molecular flexibility index (Phi) is 8.39. The largest absolute Gasteiger partial charge is 0.493 e. The Balaban J connectivity index is 2.13. The lowest BCUT2D eigenvalue weighted by molar-refractivity contribution is -0.135. The molecule has 1 atom stereocenters. The third kappa shape index (κ3) is 6.15. The molecule has 0 spiro atoms. The molecule has 0 bridgehead atoms. The Morgan fingerprint density at radius 1 is 1.17 bits per heavy atom. The number of benzene rings is 2. The van der Waals surface area contributed by atoms with Crippen molar-refractivity contribution >= 4 is 5.91 Å². The molecule has 158 valence electrons. The number of ether oxygens (including phenoxy) is 2. The SMILES string of the molecule is CCC(C)C(=O)N(CCN)Cc1ccc(OCc2ccc(F)cc2F)c(OC)c1. The second kappa shape index (κ2) is 10.8. The highest BCUT2D eigenvalue weighted by Crippen LogP contribution is 2.30. The smallest absolute Gasteiger partial charge is 0.225 e. The van der Waals surface area contributed by atoms with Crippen LogP contribution in [0.4, 0.5) is 8.78 Å². The normalized spacial score (nSPS) is 11.8. The van der Waals surface area contributed by atoms with Gasteiger partial charge in [0.15, 0.2) is 11.5 Å². The van der Waals surface area contributed by atoms with Gasteiger partial charge in [-0.25, -0.2) is 8.78 Å². The molecule has 0 heterocycles. The first-order valence-corrected chi connectivity index (χ1v) is 9.62. The Morgan fingerprint density at radius 2 is 1.93 bits per heavy atom. The molecule has 0 saturated carbocycles. The monoisotopic (exact) mass is 406 g/mol. The number of rotatable bonds is 10. The molecule has 1 amide bonds. The molecule has 0 saturated heterocycles. The first kappa shape index (κ1) is 22.6. The van der Waals surface area contributed by atoms with Gasteiger partial charge >= 0.3 is 0 Å². The van der Waals surface area contributed by atoms with Crippen LogP contribution in [0.15, 0.2) is 36.4 Å². The van der Waals surface area contributed by atoms with Crippen molar-refractivity contribution in [2.24, 2.45) is 11.7 Å². The topological polar surface area (TPSA) is 64.8 Å². The number of amides is 1. The first-order chi connectivity index (χ1) is 13.9. The van der Waals surface area contributed by atoms with E-state index in [4.69, 9.17) is 15.2 Å². The van der Waals surface area contributed by atoms with Gasteiger partial charge in [0.1, 0.15) is 18.2 Å². The zero-order valence-corrected chi connectivity index (χ0v) is 17.1. The number of hydrogen-bond acceptors (Lipinski definition) is 4. The molecular formula is C22H28F2N2O3. The highest BCUT2D eigenvalue weighted by molar-refractivity contribution is 5.78. The summed E-state index contributed by atoms with van der Waals surface area (Å²) in [5, 5.41) is 0. The number of halogens is 2. The van der Waals surface area contributed by atoms with Gasteiger partial charge in [-0.05, 0) is 36.2 Å². The van der Waals surface area contributed by atoms with Crippen molar-refractivity contribution in [2.75, 3.05) is 20.2 Å². The van der Waals surface area contributed by atoms with E-state index < -0.39 is 11.6 Å². The van der Waals surface area contributed by atoms with E-state index in [1.807, 2.05) is 19.9 Å². The number of carbonyl (C=O) groups is 1. The Hall–Kier alpha value is -2.67. The van der Waals surface area contributed by atoms with Crippen LogP contribution in [0.3, 0.4) is 0 Å². The van der Waals surface area contributed by atoms with E-state index in [0.717, 1.165) is 18.1 Å². The Morgan fingerprint density at radius 3 is 2.55 bits per heavy atom. The lowest BCUT2D eigenvalue weighted by Crippen LogP contribution is -2.38. The number of nitrogens with zero attached hydrogens (tertiary/aromatic N) is 1. The molecule has 29 heavy (non-hydrogen) atoms. The Labute approximate surface area is 170 Å². The first-order valence-electron chi connectivity index (χ1n) is 9.62. The van der Waals surface area contributed by atoms with Crippen LogP contribution in [0.2, 0.25) is 0 Å². The van der Waals surface area contributed by atoms with Gasteiger partial charge < -0.3 is 20.1 Å². The minimum absolute atomic E-state index is 0.0593. The van der Waals surface area contributed by atoms with E-state index in [1.54, 1.807) is 17.0 Å². The fourth-order valence-corrected chi connectivity index (χ4v) is 2.85. The van der Waals surface area contributed by atoms with Gasteiger partial charge in [0.05, 0.1) is 7.11 Å².